The number of methoxy groups -OCH3 is 2. The van der Waals surface area contributed by atoms with Gasteiger partial charge in [-0.05, 0) is 31.0 Å². The van der Waals surface area contributed by atoms with E-state index >= 15 is 0 Å². The zero-order valence-corrected chi connectivity index (χ0v) is 17.0. The summed E-state index contributed by atoms with van der Waals surface area (Å²) >= 11 is 0. The van der Waals surface area contributed by atoms with Crippen molar-refractivity contribution in [1.29, 1.82) is 0 Å². The van der Waals surface area contributed by atoms with Gasteiger partial charge >= 0.3 is 6.18 Å². The molecule has 0 bridgehead atoms. The fourth-order valence-electron chi connectivity index (χ4n) is 4.43. The molecule has 8 heteroatoms. The minimum atomic E-state index is -4.30. The average molecular weight is 414 g/mol. The third-order valence-corrected chi connectivity index (χ3v) is 6.07. The molecule has 1 aliphatic heterocycles. The van der Waals surface area contributed by atoms with E-state index in [4.69, 9.17) is 9.47 Å². The van der Waals surface area contributed by atoms with Crippen LogP contribution in [0.4, 0.5) is 13.2 Å². The van der Waals surface area contributed by atoms with Crippen molar-refractivity contribution in [2.75, 3.05) is 40.4 Å². The van der Waals surface area contributed by atoms with Crippen LogP contribution in [0.15, 0.2) is 18.2 Å². The summed E-state index contributed by atoms with van der Waals surface area (Å²) in [4.78, 5) is 16.6. The average Bonchev–Trinajstić information content (AvgIpc) is 2.73. The first-order valence-corrected chi connectivity index (χ1v) is 10.1. The minimum Gasteiger partial charge on any atom is -0.497 e. The second-order valence-corrected chi connectivity index (χ2v) is 7.82. The van der Waals surface area contributed by atoms with Gasteiger partial charge in [0, 0.05) is 44.2 Å². The van der Waals surface area contributed by atoms with E-state index in [9.17, 15) is 18.0 Å². The van der Waals surface area contributed by atoms with E-state index in [0.29, 0.717) is 52.0 Å². The van der Waals surface area contributed by atoms with Crippen molar-refractivity contribution >= 4 is 5.91 Å². The molecule has 1 aliphatic carbocycles. The summed E-state index contributed by atoms with van der Waals surface area (Å²) in [5.74, 6) is -1.24. The molecule has 5 nitrogen and oxygen atoms in total. The monoisotopic (exact) mass is 414 g/mol. The van der Waals surface area contributed by atoms with Crippen LogP contribution in [0.5, 0.6) is 11.5 Å². The topological polar surface area (TPSA) is 42.0 Å². The summed E-state index contributed by atoms with van der Waals surface area (Å²) in [6, 6.07) is 5.61. The quantitative estimate of drug-likeness (QED) is 0.737. The van der Waals surface area contributed by atoms with E-state index in [1.54, 1.807) is 19.1 Å². The highest BCUT2D eigenvalue weighted by Gasteiger charge is 2.49. The molecule has 1 saturated heterocycles. The van der Waals surface area contributed by atoms with Crippen LogP contribution in [0.3, 0.4) is 0 Å². The third kappa shape index (κ3) is 5.15. The molecule has 0 N–H and O–H groups in total. The molecule has 1 heterocycles. The Morgan fingerprint density at radius 2 is 1.76 bits per heavy atom. The molecule has 162 valence electrons. The van der Waals surface area contributed by atoms with Crippen LogP contribution in [-0.2, 0) is 11.3 Å². The van der Waals surface area contributed by atoms with Gasteiger partial charge in [-0.25, -0.2) is 0 Å². The molecule has 29 heavy (non-hydrogen) atoms. The molecule has 2 atom stereocenters. The first kappa shape index (κ1) is 21.7. The Bertz CT molecular complexity index is 703. The van der Waals surface area contributed by atoms with Gasteiger partial charge < -0.3 is 14.4 Å². The van der Waals surface area contributed by atoms with E-state index in [1.807, 2.05) is 18.2 Å². The SMILES string of the molecule is COc1ccc(OC)c(CN2CCN(C(=O)C3CCCCC3C(F)(F)F)CC2)c1. The maximum absolute atomic E-state index is 13.4. The Kier molecular flexibility index (Phi) is 6.93. The molecule has 1 saturated carbocycles. The Hall–Kier alpha value is -1.96. The second-order valence-electron chi connectivity index (χ2n) is 7.82. The molecule has 1 aromatic rings. The van der Waals surface area contributed by atoms with Gasteiger partial charge in [-0.3, -0.25) is 9.69 Å². The van der Waals surface area contributed by atoms with Crippen molar-refractivity contribution in [1.82, 2.24) is 9.80 Å². The van der Waals surface area contributed by atoms with Crippen LogP contribution in [0.2, 0.25) is 0 Å². The molecule has 2 unspecified atom stereocenters. The fourth-order valence-corrected chi connectivity index (χ4v) is 4.43. The Labute approximate surface area is 169 Å². The largest absolute Gasteiger partial charge is 0.497 e. The lowest BCUT2D eigenvalue weighted by Gasteiger charge is -2.39. The predicted octanol–water partition coefficient (Wildman–Crippen LogP) is 3.72. The van der Waals surface area contributed by atoms with Crippen molar-refractivity contribution in [3.8, 4) is 11.5 Å². The van der Waals surface area contributed by atoms with Crippen LogP contribution < -0.4 is 9.47 Å². The number of amides is 1. The van der Waals surface area contributed by atoms with E-state index in [0.717, 1.165) is 17.1 Å². The van der Waals surface area contributed by atoms with Gasteiger partial charge in [0.1, 0.15) is 11.5 Å². The number of carbonyl (C=O) groups is 1. The summed E-state index contributed by atoms with van der Waals surface area (Å²) in [6.07, 6.45) is -2.66. The lowest BCUT2D eigenvalue weighted by Crippen LogP contribution is -2.52. The van der Waals surface area contributed by atoms with E-state index in [-0.39, 0.29) is 12.3 Å². The molecule has 1 amide bonds. The summed E-state index contributed by atoms with van der Waals surface area (Å²) in [5.41, 5.74) is 0.982. The predicted molar refractivity (Wildman–Crippen MR) is 103 cm³/mol. The zero-order chi connectivity index (χ0) is 21.0. The molecule has 0 radical (unpaired) electrons. The van der Waals surface area contributed by atoms with E-state index < -0.39 is 18.0 Å². The van der Waals surface area contributed by atoms with Crippen LogP contribution in [0, 0.1) is 11.8 Å². The number of piperazine rings is 1. The maximum atomic E-state index is 13.4. The van der Waals surface area contributed by atoms with Crippen LogP contribution in [0.1, 0.15) is 31.2 Å². The summed E-state index contributed by atoms with van der Waals surface area (Å²) in [7, 11) is 3.22. The van der Waals surface area contributed by atoms with Gasteiger partial charge in [-0.15, -0.1) is 0 Å². The minimum absolute atomic E-state index is 0.0650. The second kappa shape index (κ2) is 9.24. The van der Waals surface area contributed by atoms with E-state index in [1.165, 1.54) is 0 Å². The Balaban J connectivity index is 1.60. The number of hydrogen-bond donors (Lipinski definition) is 0. The van der Waals surface area contributed by atoms with Gasteiger partial charge in [-0.1, -0.05) is 12.8 Å². The van der Waals surface area contributed by atoms with Crippen molar-refractivity contribution < 1.29 is 27.4 Å². The van der Waals surface area contributed by atoms with Crippen LogP contribution >= 0.6 is 0 Å². The molecule has 2 aliphatic rings. The van der Waals surface area contributed by atoms with Crippen molar-refractivity contribution in [3.05, 3.63) is 23.8 Å². The maximum Gasteiger partial charge on any atom is 0.392 e. The summed E-state index contributed by atoms with van der Waals surface area (Å²) in [6.45, 7) is 2.78. The fraction of sp³-hybridized carbons (Fsp3) is 0.667. The van der Waals surface area contributed by atoms with Crippen molar-refractivity contribution in [2.45, 2.75) is 38.4 Å². The smallest absolute Gasteiger partial charge is 0.392 e. The molecule has 2 fully saturated rings. The number of halogens is 3. The number of carbonyl (C=O) groups excluding carboxylic acids is 1. The standard InChI is InChI=1S/C21H29F3N2O3/c1-28-16-7-8-19(29-2)15(13-16)14-25-9-11-26(12-10-25)20(27)17-5-3-4-6-18(17)21(22,23)24/h7-8,13,17-18H,3-6,9-12,14H2,1-2H3. The molecule has 0 aromatic heterocycles. The Morgan fingerprint density at radius 3 is 2.38 bits per heavy atom. The first-order valence-electron chi connectivity index (χ1n) is 10.1. The molecule has 0 spiro atoms. The summed E-state index contributed by atoms with van der Waals surface area (Å²) < 4.78 is 50.8. The third-order valence-electron chi connectivity index (χ3n) is 6.07. The van der Waals surface area contributed by atoms with Gasteiger partial charge in [0.2, 0.25) is 5.91 Å². The number of benzene rings is 1. The lowest BCUT2D eigenvalue weighted by molar-refractivity contribution is -0.201. The highest BCUT2D eigenvalue weighted by molar-refractivity contribution is 5.79. The van der Waals surface area contributed by atoms with Gasteiger partial charge in [0.05, 0.1) is 20.1 Å². The number of nitrogens with zero attached hydrogens (tertiary/aromatic N) is 2. The molecular weight excluding hydrogens is 385 g/mol. The highest BCUT2D eigenvalue weighted by Crippen LogP contribution is 2.42. The number of hydrogen-bond acceptors (Lipinski definition) is 4. The molecule has 1 aromatic carbocycles. The van der Waals surface area contributed by atoms with Crippen LogP contribution in [0.25, 0.3) is 0 Å². The molecule has 3 rings (SSSR count). The molecular formula is C21H29F3N2O3. The van der Waals surface area contributed by atoms with Crippen molar-refractivity contribution in [2.24, 2.45) is 11.8 Å². The summed E-state index contributed by atoms with van der Waals surface area (Å²) in [5, 5.41) is 0. The van der Waals surface area contributed by atoms with Gasteiger partial charge in [0.15, 0.2) is 0 Å². The highest BCUT2D eigenvalue weighted by atomic mass is 19.4. The van der Waals surface area contributed by atoms with Gasteiger partial charge in [-0.2, -0.15) is 13.2 Å². The van der Waals surface area contributed by atoms with Crippen molar-refractivity contribution in [3.63, 3.8) is 0 Å². The first-order chi connectivity index (χ1) is 13.8. The number of rotatable bonds is 5. The Morgan fingerprint density at radius 1 is 1.07 bits per heavy atom. The normalized spacial score (nSPS) is 23.7. The zero-order valence-electron chi connectivity index (χ0n) is 17.0. The number of alkyl halides is 3. The lowest BCUT2D eigenvalue weighted by atomic mass is 9.78. The number of ether oxygens (including phenoxy) is 2. The van der Waals surface area contributed by atoms with E-state index in [2.05, 4.69) is 4.90 Å². The van der Waals surface area contributed by atoms with Crippen LogP contribution in [-0.4, -0.2) is 62.3 Å². The van der Waals surface area contributed by atoms with Gasteiger partial charge in [0.25, 0.3) is 0 Å².